The van der Waals surface area contributed by atoms with Crippen LogP contribution in [0.1, 0.15) is 53.4 Å². The van der Waals surface area contributed by atoms with Crippen LogP contribution in [0.2, 0.25) is 0 Å². The van der Waals surface area contributed by atoms with Crippen molar-refractivity contribution in [2.45, 2.75) is 65.5 Å². The standard InChI is InChI=1S/C19H38N4O/c1-6-20-18(21-14-19(8-7-9-19)10-11-24-5)22-17-13-23(15(2)3)12-16(17)4/h15-17H,6-14H2,1-5H3,(H2,20,21,22). The SMILES string of the molecule is CCNC(=NCC1(CCOC)CCC1)NC1CN(C(C)C)CC1C. The van der Waals surface area contributed by atoms with E-state index in [1.165, 1.54) is 25.8 Å². The number of likely N-dealkylation sites (tertiary alicyclic amines) is 1. The van der Waals surface area contributed by atoms with E-state index in [9.17, 15) is 0 Å². The van der Waals surface area contributed by atoms with Crippen molar-refractivity contribution in [1.82, 2.24) is 15.5 Å². The molecular formula is C19H38N4O. The summed E-state index contributed by atoms with van der Waals surface area (Å²) in [6.45, 7) is 14.0. The summed E-state index contributed by atoms with van der Waals surface area (Å²) in [6.07, 6.45) is 5.06. The molecule has 140 valence electrons. The first-order valence-electron chi connectivity index (χ1n) is 9.77. The second-order valence-electron chi connectivity index (χ2n) is 8.07. The summed E-state index contributed by atoms with van der Waals surface area (Å²) in [4.78, 5) is 7.50. The molecule has 1 aliphatic heterocycles. The van der Waals surface area contributed by atoms with Crippen molar-refractivity contribution in [1.29, 1.82) is 0 Å². The highest BCUT2D eigenvalue weighted by atomic mass is 16.5. The quantitative estimate of drug-likeness (QED) is 0.527. The fourth-order valence-electron chi connectivity index (χ4n) is 3.84. The Bertz CT molecular complexity index is 406. The van der Waals surface area contributed by atoms with Crippen molar-refractivity contribution in [3.05, 3.63) is 0 Å². The molecule has 2 fully saturated rings. The van der Waals surface area contributed by atoms with E-state index in [0.29, 0.717) is 23.4 Å². The topological polar surface area (TPSA) is 48.9 Å². The first-order valence-corrected chi connectivity index (χ1v) is 9.77. The van der Waals surface area contributed by atoms with Gasteiger partial charge in [-0.2, -0.15) is 0 Å². The Labute approximate surface area is 148 Å². The normalized spacial score (nSPS) is 27.3. The molecule has 0 aromatic carbocycles. The molecule has 2 rings (SSSR count). The van der Waals surface area contributed by atoms with Gasteiger partial charge in [-0.05, 0) is 51.4 Å². The van der Waals surface area contributed by atoms with Crippen molar-refractivity contribution in [3.8, 4) is 0 Å². The van der Waals surface area contributed by atoms with E-state index < -0.39 is 0 Å². The number of ether oxygens (including phenoxy) is 1. The summed E-state index contributed by atoms with van der Waals surface area (Å²) in [5, 5.41) is 7.13. The molecule has 2 N–H and O–H groups in total. The monoisotopic (exact) mass is 338 g/mol. The minimum absolute atomic E-state index is 0.379. The number of hydrogen-bond acceptors (Lipinski definition) is 3. The molecule has 0 aromatic rings. The van der Waals surface area contributed by atoms with Gasteiger partial charge in [0.1, 0.15) is 0 Å². The van der Waals surface area contributed by atoms with Gasteiger partial charge in [0.2, 0.25) is 0 Å². The van der Waals surface area contributed by atoms with Gasteiger partial charge in [0.05, 0.1) is 0 Å². The number of methoxy groups -OCH3 is 1. The summed E-state index contributed by atoms with van der Waals surface area (Å²) in [7, 11) is 1.79. The maximum atomic E-state index is 5.30. The van der Waals surface area contributed by atoms with Gasteiger partial charge >= 0.3 is 0 Å². The Morgan fingerprint density at radius 1 is 1.33 bits per heavy atom. The van der Waals surface area contributed by atoms with Gasteiger partial charge in [-0.15, -0.1) is 0 Å². The lowest BCUT2D eigenvalue weighted by molar-refractivity contribution is 0.0778. The lowest BCUT2D eigenvalue weighted by Crippen LogP contribution is -2.47. The molecule has 1 saturated carbocycles. The molecule has 2 unspecified atom stereocenters. The van der Waals surface area contributed by atoms with Crippen molar-refractivity contribution in [2.24, 2.45) is 16.3 Å². The predicted molar refractivity (Wildman–Crippen MR) is 102 cm³/mol. The Morgan fingerprint density at radius 3 is 2.58 bits per heavy atom. The van der Waals surface area contributed by atoms with Crippen molar-refractivity contribution in [2.75, 3.05) is 39.9 Å². The smallest absolute Gasteiger partial charge is 0.191 e. The summed E-state index contributed by atoms with van der Waals surface area (Å²) in [5.74, 6) is 1.64. The molecule has 0 aromatic heterocycles. The molecule has 1 saturated heterocycles. The van der Waals surface area contributed by atoms with Crippen LogP contribution < -0.4 is 10.6 Å². The first-order chi connectivity index (χ1) is 11.5. The Morgan fingerprint density at radius 2 is 2.08 bits per heavy atom. The third kappa shape index (κ3) is 5.09. The molecule has 0 amide bonds. The van der Waals surface area contributed by atoms with Gasteiger partial charge < -0.3 is 15.4 Å². The summed E-state index contributed by atoms with van der Waals surface area (Å²) >= 11 is 0. The third-order valence-electron chi connectivity index (χ3n) is 5.86. The Kier molecular flexibility index (Phi) is 7.35. The maximum absolute atomic E-state index is 5.30. The Hall–Kier alpha value is -0.810. The van der Waals surface area contributed by atoms with Gasteiger partial charge in [-0.25, -0.2) is 0 Å². The first kappa shape index (κ1) is 19.5. The van der Waals surface area contributed by atoms with Crippen LogP contribution >= 0.6 is 0 Å². The van der Waals surface area contributed by atoms with Gasteiger partial charge in [0, 0.05) is 52.0 Å². The van der Waals surface area contributed by atoms with E-state index >= 15 is 0 Å². The van der Waals surface area contributed by atoms with Crippen molar-refractivity contribution in [3.63, 3.8) is 0 Å². The molecule has 1 heterocycles. The van der Waals surface area contributed by atoms with Crippen molar-refractivity contribution >= 4 is 5.96 Å². The number of hydrogen-bond donors (Lipinski definition) is 2. The van der Waals surface area contributed by atoms with Crippen LogP contribution in [0.4, 0.5) is 0 Å². The minimum Gasteiger partial charge on any atom is -0.385 e. The van der Waals surface area contributed by atoms with Gasteiger partial charge in [-0.1, -0.05) is 13.3 Å². The fraction of sp³-hybridized carbons (Fsp3) is 0.947. The lowest BCUT2D eigenvalue weighted by atomic mass is 9.67. The van der Waals surface area contributed by atoms with Crippen LogP contribution in [0.3, 0.4) is 0 Å². The second-order valence-corrected chi connectivity index (χ2v) is 8.07. The van der Waals surface area contributed by atoms with E-state index in [-0.39, 0.29) is 0 Å². The van der Waals surface area contributed by atoms with E-state index in [4.69, 9.17) is 9.73 Å². The molecule has 1 aliphatic carbocycles. The molecule has 0 bridgehead atoms. The fourth-order valence-corrected chi connectivity index (χ4v) is 3.84. The molecule has 5 heteroatoms. The zero-order chi connectivity index (χ0) is 17.6. The molecule has 0 spiro atoms. The molecular weight excluding hydrogens is 300 g/mol. The molecule has 5 nitrogen and oxygen atoms in total. The average Bonchev–Trinajstić information content (AvgIpc) is 2.87. The predicted octanol–water partition coefficient (Wildman–Crippen LogP) is 2.48. The van der Waals surface area contributed by atoms with Gasteiger partial charge in [0.15, 0.2) is 5.96 Å². The zero-order valence-corrected chi connectivity index (χ0v) is 16.4. The highest BCUT2D eigenvalue weighted by Crippen LogP contribution is 2.44. The largest absolute Gasteiger partial charge is 0.385 e. The maximum Gasteiger partial charge on any atom is 0.191 e. The average molecular weight is 339 g/mol. The number of guanidine groups is 1. The number of nitrogens with one attached hydrogen (secondary N) is 2. The van der Waals surface area contributed by atoms with Crippen LogP contribution in [0, 0.1) is 11.3 Å². The van der Waals surface area contributed by atoms with Gasteiger partial charge in [0.25, 0.3) is 0 Å². The summed E-state index contributed by atoms with van der Waals surface area (Å²) < 4.78 is 5.30. The highest BCUT2D eigenvalue weighted by Gasteiger charge is 2.37. The summed E-state index contributed by atoms with van der Waals surface area (Å²) in [6, 6.07) is 1.10. The van der Waals surface area contributed by atoms with E-state index in [1.54, 1.807) is 7.11 Å². The Balaban J connectivity index is 1.93. The van der Waals surface area contributed by atoms with Crippen molar-refractivity contribution < 1.29 is 4.74 Å². The zero-order valence-electron chi connectivity index (χ0n) is 16.4. The molecule has 2 atom stereocenters. The van der Waals surface area contributed by atoms with Crippen LogP contribution in [-0.4, -0.2) is 62.8 Å². The summed E-state index contributed by atoms with van der Waals surface area (Å²) in [5.41, 5.74) is 0.379. The lowest BCUT2D eigenvalue weighted by Gasteiger charge is -2.41. The van der Waals surface area contributed by atoms with E-state index in [0.717, 1.165) is 38.6 Å². The molecule has 0 radical (unpaired) electrons. The number of nitrogens with zero attached hydrogens (tertiary/aromatic N) is 2. The number of rotatable bonds is 8. The van der Waals surface area contributed by atoms with E-state index in [2.05, 4.69) is 43.2 Å². The van der Waals surface area contributed by atoms with Crippen LogP contribution in [-0.2, 0) is 4.74 Å². The third-order valence-corrected chi connectivity index (χ3v) is 5.86. The van der Waals surface area contributed by atoms with E-state index in [1.807, 2.05) is 0 Å². The molecule has 2 aliphatic rings. The number of aliphatic imine (C=N–C) groups is 1. The molecule has 24 heavy (non-hydrogen) atoms. The van der Waals surface area contributed by atoms with Crippen LogP contribution in [0.5, 0.6) is 0 Å². The second kappa shape index (κ2) is 9.04. The minimum atomic E-state index is 0.379. The van der Waals surface area contributed by atoms with Crippen LogP contribution in [0.25, 0.3) is 0 Å². The van der Waals surface area contributed by atoms with Crippen LogP contribution in [0.15, 0.2) is 4.99 Å². The highest BCUT2D eigenvalue weighted by molar-refractivity contribution is 5.80. The van der Waals surface area contributed by atoms with Gasteiger partial charge in [-0.3, -0.25) is 9.89 Å².